The van der Waals surface area contributed by atoms with Crippen molar-refractivity contribution in [1.82, 2.24) is 4.90 Å². The van der Waals surface area contributed by atoms with E-state index in [-0.39, 0.29) is 11.9 Å². The Balaban J connectivity index is 1.95. The van der Waals surface area contributed by atoms with E-state index in [9.17, 15) is 4.39 Å². The molecule has 0 aliphatic heterocycles. The summed E-state index contributed by atoms with van der Waals surface area (Å²) in [6.07, 6.45) is 0. The molecule has 2 aromatic carbocycles. The summed E-state index contributed by atoms with van der Waals surface area (Å²) in [6.45, 7) is 3.62. The van der Waals surface area contributed by atoms with E-state index in [0.29, 0.717) is 6.54 Å². The monoisotopic (exact) mass is 272 g/mol. The van der Waals surface area contributed by atoms with Crippen molar-refractivity contribution in [3.63, 3.8) is 0 Å². The van der Waals surface area contributed by atoms with Gasteiger partial charge >= 0.3 is 0 Å². The minimum atomic E-state index is -0.237. The van der Waals surface area contributed by atoms with Gasteiger partial charge in [-0.15, -0.1) is 0 Å². The molecule has 0 aliphatic carbocycles. The fraction of sp³-hybridized carbons (Fsp3) is 0.294. The highest BCUT2D eigenvalue weighted by molar-refractivity contribution is 5.23. The first-order chi connectivity index (χ1) is 9.54. The Morgan fingerprint density at radius 3 is 2.60 bits per heavy atom. The highest BCUT2D eigenvalue weighted by Gasteiger charge is 2.10. The summed E-state index contributed by atoms with van der Waals surface area (Å²) >= 11 is 0. The zero-order valence-electron chi connectivity index (χ0n) is 12.0. The number of halogens is 1. The van der Waals surface area contributed by atoms with E-state index < -0.39 is 0 Å². The molecule has 3 heteroatoms. The average Bonchev–Trinajstić information content (AvgIpc) is 2.38. The van der Waals surface area contributed by atoms with E-state index in [1.165, 1.54) is 23.3 Å². The summed E-state index contributed by atoms with van der Waals surface area (Å²) in [5.41, 5.74) is 9.49. The topological polar surface area (TPSA) is 29.3 Å². The van der Waals surface area contributed by atoms with Crippen LogP contribution in [0.2, 0.25) is 0 Å². The van der Waals surface area contributed by atoms with E-state index >= 15 is 0 Å². The molecule has 0 amide bonds. The fourth-order valence-electron chi connectivity index (χ4n) is 2.37. The molecule has 2 N–H and O–H groups in total. The van der Waals surface area contributed by atoms with Crippen LogP contribution in [0.3, 0.4) is 0 Å². The van der Waals surface area contributed by atoms with Gasteiger partial charge in [0.25, 0.3) is 0 Å². The molecule has 106 valence electrons. The third-order valence-corrected chi connectivity index (χ3v) is 3.32. The predicted octanol–water partition coefficient (Wildman–Crippen LogP) is 3.27. The largest absolute Gasteiger partial charge is 0.323 e. The van der Waals surface area contributed by atoms with E-state index in [1.807, 2.05) is 13.1 Å². The van der Waals surface area contributed by atoms with E-state index in [4.69, 9.17) is 5.73 Å². The number of nitrogens with zero attached hydrogens (tertiary/aromatic N) is 1. The summed E-state index contributed by atoms with van der Waals surface area (Å²) in [5, 5.41) is 0. The van der Waals surface area contributed by atoms with Gasteiger partial charge in [0, 0.05) is 19.1 Å². The number of hydrogen-bond acceptors (Lipinski definition) is 2. The molecule has 1 atom stereocenters. The Morgan fingerprint density at radius 2 is 1.90 bits per heavy atom. The molecule has 2 rings (SSSR count). The van der Waals surface area contributed by atoms with Crippen LogP contribution in [0, 0.1) is 12.7 Å². The standard InChI is InChI=1S/C17H21FN2/c1-13-5-3-6-14(9-13)11-20(2)12-17(19)15-7-4-8-16(18)10-15/h3-10,17H,11-12,19H2,1-2H3. The molecule has 0 saturated carbocycles. The lowest BCUT2D eigenvalue weighted by Gasteiger charge is -2.21. The number of hydrogen-bond donors (Lipinski definition) is 1. The molecule has 0 bridgehead atoms. The van der Waals surface area contributed by atoms with Crippen molar-refractivity contribution in [3.05, 3.63) is 71.0 Å². The van der Waals surface area contributed by atoms with Gasteiger partial charge in [-0.25, -0.2) is 4.39 Å². The van der Waals surface area contributed by atoms with Crippen LogP contribution in [-0.4, -0.2) is 18.5 Å². The Morgan fingerprint density at radius 1 is 1.15 bits per heavy atom. The smallest absolute Gasteiger partial charge is 0.123 e. The first-order valence-electron chi connectivity index (χ1n) is 6.80. The van der Waals surface area contributed by atoms with Gasteiger partial charge in [-0.05, 0) is 37.2 Å². The first kappa shape index (κ1) is 14.7. The Hall–Kier alpha value is -1.71. The first-order valence-corrected chi connectivity index (χ1v) is 6.80. The molecule has 0 radical (unpaired) electrons. The fourth-order valence-corrected chi connectivity index (χ4v) is 2.37. The predicted molar refractivity (Wildman–Crippen MR) is 80.8 cm³/mol. The van der Waals surface area contributed by atoms with Gasteiger partial charge in [-0.3, -0.25) is 0 Å². The maximum Gasteiger partial charge on any atom is 0.123 e. The molecule has 0 aliphatic rings. The van der Waals surface area contributed by atoms with Crippen LogP contribution >= 0.6 is 0 Å². The van der Waals surface area contributed by atoms with Gasteiger partial charge in [-0.1, -0.05) is 42.0 Å². The minimum Gasteiger partial charge on any atom is -0.323 e. The summed E-state index contributed by atoms with van der Waals surface area (Å²) in [5.74, 6) is -0.237. The van der Waals surface area contributed by atoms with Gasteiger partial charge < -0.3 is 10.6 Å². The summed E-state index contributed by atoms with van der Waals surface area (Å²) in [4.78, 5) is 2.16. The van der Waals surface area contributed by atoms with Crippen LogP contribution in [0.5, 0.6) is 0 Å². The quantitative estimate of drug-likeness (QED) is 0.905. The maximum absolute atomic E-state index is 13.2. The summed E-state index contributed by atoms with van der Waals surface area (Å²) in [7, 11) is 2.03. The second kappa shape index (κ2) is 6.64. The number of nitrogens with two attached hydrogens (primary N) is 1. The van der Waals surface area contributed by atoms with Gasteiger partial charge in [0.2, 0.25) is 0 Å². The molecule has 20 heavy (non-hydrogen) atoms. The summed E-state index contributed by atoms with van der Waals surface area (Å²) < 4.78 is 13.2. The lowest BCUT2D eigenvalue weighted by molar-refractivity contribution is 0.305. The third-order valence-electron chi connectivity index (χ3n) is 3.32. The molecule has 0 fully saturated rings. The second-order valence-electron chi connectivity index (χ2n) is 5.35. The van der Waals surface area contributed by atoms with Gasteiger partial charge in [0.05, 0.1) is 0 Å². The SMILES string of the molecule is Cc1cccc(CN(C)CC(N)c2cccc(F)c2)c1. The van der Waals surface area contributed by atoms with Crippen molar-refractivity contribution in [1.29, 1.82) is 0 Å². The number of benzene rings is 2. The van der Waals surface area contributed by atoms with Crippen LogP contribution in [0.15, 0.2) is 48.5 Å². The van der Waals surface area contributed by atoms with Crippen LogP contribution in [0.4, 0.5) is 4.39 Å². The van der Waals surface area contributed by atoms with Gasteiger partial charge in [0.1, 0.15) is 5.82 Å². The van der Waals surface area contributed by atoms with Crippen LogP contribution in [0.1, 0.15) is 22.7 Å². The Kier molecular flexibility index (Phi) is 4.88. The molecule has 0 saturated heterocycles. The molecule has 2 aromatic rings. The van der Waals surface area contributed by atoms with Gasteiger partial charge in [0.15, 0.2) is 0 Å². The number of likely N-dealkylation sites (N-methyl/N-ethyl adjacent to an activating group) is 1. The molecule has 2 nitrogen and oxygen atoms in total. The Labute approximate surface area is 120 Å². The van der Waals surface area contributed by atoms with E-state index in [1.54, 1.807) is 6.07 Å². The molecular weight excluding hydrogens is 251 g/mol. The van der Waals surface area contributed by atoms with E-state index in [0.717, 1.165) is 12.1 Å². The molecular formula is C17H21FN2. The van der Waals surface area contributed by atoms with Crippen molar-refractivity contribution in [3.8, 4) is 0 Å². The number of aryl methyl sites for hydroxylation is 1. The lowest BCUT2D eigenvalue weighted by Crippen LogP contribution is -2.28. The molecule has 0 spiro atoms. The van der Waals surface area contributed by atoms with Crippen molar-refractivity contribution in [2.45, 2.75) is 19.5 Å². The van der Waals surface area contributed by atoms with Crippen LogP contribution < -0.4 is 5.73 Å². The Bertz CT molecular complexity index is 568. The van der Waals surface area contributed by atoms with Crippen LogP contribution in [0.25, 0.3) is 0 Å². The van der Waals surface area contributed by atoms with Crippen molar-refractivity contribution in [2.24, 2.45) is 5.73 Å². The molecule has 1 unspecified atom stereocenters. The zero-order valence-corrected chi connectivity index (χ0v) is 12.0. The second-order valence-corrected chi connectivity index (χ2v) is 5.35. The molecule has 0 aromatic heterocycles. The van der Waals surface area contributed by atoms with Crippen molar-refractivity contribution in [2.75, 3.05) is 13.6 Å². The average molecular weight is 272 g/mol. The third kappa shape index (κ3) is 4.15. The van der Waals surface area contributed by atoms with E-state index in [2.05, 4.69) is 36.1 Å². The number of rotatable bonds is 5. The van der Waals surface area contributed by atoms with Crippen LogP contribution in [-0.2, 0) is 6.54 Å². The van der Waals surface area contributed by atoms with Gasteiger partial charge in [-0.2, -0.15) is 0 Å². The van der Waals surface area contributed by atoms with Crippen molar-refractivity contribution >= 4 is 0 Å². The normalized spacial score (nSPS) is 12.7. The zero-order chi connectivity index (χ0) is 14.5. The maximum atomic E-state index is 13.2. The van der Waals surface area contributed by atoms with Crippen molar-refractivity contribution < 1.29 is 4.39 Å². The highest BCUT2D eigenvalue weighted by atomic mass is 19.1. The molecule has 0 heterocycles. The lowest BCUT2D eigenvalue weighted by atomic mass is 10.1. The minimum absolute atomic E-state index is 0.180. The highest BCUT2D eigenvalue weighted by Crippen LogP contribution is 2.14. The summed E-state index contributed by atoms with van der Waals surface area (Å²) in [6, 6.07) is 14.8.